The zero-order valence-electron chi connectivity index (χ0n) is 20.9. The van der Waals surface area contributed by atoms with Crippen molar-refractivity contribution in [2.75, 3.05) is 0 Å². The van der Waals surface area contributed by atoms with E-state index >= 15 is 0 Å². The molecule has 0 saturated heterocycles. The number of aromatic nitrogens is 1. The number of hydrogen-bond donors (Lipinski definition) is 0. The Labute approximate surface area is 238 Å². The summed E-state index contributed by atoms with van der Waals surface area (Å²) in [6.07, 6.45) is 0. The van der Waals surface area contributed by atoms with E-state index in [1.165, 1.54) is 69.9 Å². The first kappa shape index (κ1) is 22.8. The van der Waals surface area contributed by atoms with Crippen LogP contribution in [0.4, 0.5) is 0 Å². The summed E-state index contributed by atoms with van der Waals surface area (Å²) in [4.78, 5) is 0. The Kier molecular flexibility index (Phi) is 5.22. The lowest BCUT2D eigenvalue weighted by atomic mass is 9.97. The highest BCUT2D eigenvalue weighted by Gasteiger charge is 2.14. The van der Waals surface area contributed by atoms with E-state index in [9.17, 15) is 0 Å². The second-order valence-corrected chi connectivity index (χ2v) is 12.0. The lowest BCUT2D eigenvalue weighted by Gasteiger charge is -2.10. The van der Waals surface area contributed by atoms with Crippen LogP contribution in [0, 0.1) is 0 Å². The number of thiophene rings is 1. The minimum Gasteiger partial charge on any atom is -0.309 e. The van der Waals surface area contributed by atoms with Crippen LogP contribution in [-0.4, -0.2) is 4.57 Å². The smallest absolute Gasteiger partial charge is 0.0541 e. The number of rotatable bonds is 3. The third kappa shape index (κ3) is 3.73. The third-order valence-corrected chi connectivity index (χ3v) is 9.24. The molecular weight excluding hydrogens is 558 g/mol. The molecule has 0 aliphatic heterocycles. The second kappa shape index (κ2) is 8.94. The van der Waals surface area contributed by atoms with Crippen LogP contribution in [0.25, 0.3) is 69.9 Å². The molecule has 0 aliphatic rings. The highest BCUT2D eigenvalue weighted by atomic mass is 79.9. The molecule has 39 heavy (non-hydrogen) atoms. The zero-order chi connectivity index (χ0) is 25.9. The van der Waals surface area contributed by atoms with Crippen LogP contribution in [0.15, 0.2) is 138 Å². The van der Waals surface area contributed by atoms with Gasteiger partial charge in [0.25, 0.3) is 0 Å². The number of hydrogen-bond acceptors (Lipinski definition) is 1. The van der Waals surface area contributed by atoms with E-state index in [0.717, 1.165) is 4.47 Å². The summed E-state index contributed by atoms with van der Waals surface area (Å²) in [6.45, 7) is 0. The summed E-state index contributed by atoms with van der Waals surface area (Å²) < 4.78 is 6.11. The van der Waals surface area contributed by atoms with Gasteiger partial charge < -0.3 is 4.57 Å². The predicted octanol–water partition coefficient (Wildman–Crippen LogP) is 11.2. The van der Waals surface area contributed by atoms with E-state index in [1.54, 1.807) is 0 Å². The molecule has 1 nitrogen and oxygen atoms in total. The number of halogens is 1. The fourth-order valence-electron chi connectivity index (χ4n) is 5.84. The van der Waals surface area contributed by atoms with Gasteiger partial charge in [0.2, 0.25) is 0 Å². The monoisotopic (exact) mass is 579 g/mol. The summed E-state index contributed by atoms with van der Waals surface area (Å²) in [5.74, 6) is 0. The van der Waals surface area contributed by atoms with E-state index in [4.69, 9.17) is 0 Å². The number of fused-ring (bicyclic) bond motifs is 6. The average Bonchev–Trinajstić information content (AvgIpc) is 3.52. The van der Waals surface area contributed by atoms with E-state index in [1.807, 2.05) is 11.3 Å². The summed E-state index contributed by atoms with van der Waals surface area (Å²) in [5.41, 5.74) is 8.48. The largest absolute Gasteiger partial charge is 0.309 e. The molecule has 0 unspecified atom stereocenters. The van der Waals surface area contributed by atoms with E-state index in [2.05, 4.69) is 154 Å². The maximum atomic E-state index is 3.81. The molecule has 0 radical (unpaired) electrons. The molecular formula is C36H22BrNS. The lowest BCUT2D eigenvalue weighted by Crippen LogP contribution is -1.92. The first-order chi connectivity index (χ1) is 19.2. The van der Waals surface area contributed by atoms with Crippen molar-refractivity contribution in [3.8, 4) is 27.9 Å². The van der Waals surface area contributed by atoms with Gasteiger partial charge in [-0.05, 0) is 89.0 Å². The fourth-order valence-corrected chi connectivity index (χ4v) is 7.42. The van der Waals surface area contributed by atoms with Gasteiger partial charge in [0.15, 0.2) is 0 Å². The predicted molar refractivity (Wildman–Crippen MR) is 172 cm³/mol. The van der Waals surface area contributed by atoms with Crippen LogP contribution >= 0.6 is 27.3 Å². The van der Waals surface area contributed by atoms with Gasteiger partial charge in [-0.15, -0.1) is 11.3 Å². The van der Waals surface area contributed by atoms with Crippen molar-refractivity contribution in [2.24, 2.45) is 0 Å². The molecule has 8 aromatic rings. The van der Waals surface area contributed by atoms with Crippen molar-refractivity contribution in [3.63, 3.8) is 0 Å². The molecule has 8 rings (SSSR count). The normalized spacial score (nSPS) is 11.7. The Morgan fingerprint density at radius 2 is 1.05 bits per heavy atom. The van der Waals surface area contributed by atoms with Crippen molar-refractivity contribution in [1.29, 1.82) is 0 Å². The Morgan fingerprint density at radius 1 is 0.436 bits per heavy atom. The lowest BCUT2D eigenvalue weighted by molar-refractivity contribution is 1.18. The molecule has 6 aromatic carbocycles. The van der Waals surface area contributed by atoms with Crippen LogP contribution < -0.4 is 0 Å². The molecule has 2 heterocycles. The molecule has 0 fully saturated rings. The second-order valence-electron chi connectivity index (χ2n) is 9.96. The molecule has 0 N–H and O–H groups in total. The standard InChI is InChI=1S/C36H22BrNS/c37-27-19-25(18-26(20-27)24-15-17-36-32(22-24)30-11-5-7-13-35(30)39-36)23-14-16-34-31(21-23)29-10-4-6-12-33(29)38(34)28-8-2-1-3-9-28/h1-22H. The van der Waals surface area contributed by atoms with Gasteiger partial charge in [0, 0.05) is 41.1 Å². The number of para-hydroxylation sites is 2. The highest BCUT2D eigenvalue weighted by Crippen LogP contribution is 2.39. The van der Waals surface area contributed by atoms with E-state index in [0.29, 0.717) is 0 Å². The van der Waals surface area contributed by atoms with Gasteiger partial charge in [-0.1, -0.05) is 82.7 Å². The van der Waals surface area contributed by atoms with Gasteiger partial charge >= 0.3 is 0 Å². The van der Waals surface area contributed by atoms with Gasteiger partial charge in [0.05, 0.1) is 11.0 Å². The minimum absolute atomic E-state index is 1.08. The van der Waals surface area contributed by atoms with E-state index in [-0.39, 0.29) is 0 Å². The molecule has 184 valence electrons. The first-order valence-corrected chi connectivity index (χ1v) is 14.7. The van der Waals surface area contributed by atoms with Gasteiger partial charge in [-0.2, -0.15) is 0 Å². The van der Waals surface area contributed by atoms with Crippen LogP contribution in [0.3, 0.4) is 0 Å². The van der Waals surface area contributed by atoms with Gasteiger partial charge in [0.1, 0.15) is 0 Å². The highest BCUT2D eigenvalue weighted by molar-refractivity contribution is 9.10. The van der Waals surface area contributed by atoms with Gasteiger partial charge in [-0.3, -0.25) is 0 Å². The Balaban J connectivity index is 1.30. The quantitative estimate of drug-likeness (QED) is 0.196. The number of nitrogens with zero attached hydrogens (tertiary/aromatic N) is 1. The Morgan fingerprint density at radius 3 is 1.87 bits per heavy atom. The molecule has 0 spiro atoms. The molecule has 0 saturated carbocycles. The van der Waals surface area contributed by atoms with Crippen molar-refractivity contribution < 1.29 is 0 Å². The fraction of sp³-hybridized carbons (Fsp3) is 0. The Hall–Kier alpha value is -4.18. The van der Waals surface area contributed by atoms with Crippen LogP contribution in [-0.2, 0) is 0 Å². The van der Waals surface area contributed by atoms with Crippen LogP contribution in [0.1, 0.15) is 0 Å². The first-order valence-electron chi connectivity index (χ1n) is 13.0. The summed E-state index contributed by atoms with van der Waals surface area (Å²) in [7, 11) is 0. The van der Waals surface area contributed by atoms with Crippen LogP contribution in [0.2, 0.25) is 0 Å². The van der Waals surface area contributed by atoms with Crippen molar-refractivity contribution in [2.45, 2.75) is 0 Å². The van der Waals surface area contributed by atoms with Gasteiger partial charge in [-0.25, -0.2) is 0 Å². The molecule has 0 bridgehead atoms. The molecule has 0 aliphatic carbocycles. The van der Waals surface area contributed by atoms with E-state index < -0.39 is 0 Å². The third-order valence-electron chi connectivity index (χ3n) is 7.63. The summed E-state index contributed by atoms with van der Waals surface area (Å²) in [6, 6.07) is 48.5. The molecule has 3 heteroatoms. The number of benzene rings is 6. The maximum absolute atomic E-state index is 3.81. The van der Waals surface area contributed by atoms with Crippen molar-refractivity contribution in [3.05, 3.63) is 138 Å². The molecule has 0 atom stereocenters. The summed E-state index contributed by atoms with van der Waals surface area (Å²) >= 11 is 5.67. The van der Waals surface area contributed by atoms with Crippen LogP contribution in [0.5, 0.6) is 0 Å². The van der Waals surface area contributed by atoms with Crippen molar-refractivity contribution >= 4 is 69.2 Å². The van der Waals surface area contributed by atoms with Crippen molar-refractivity contribution in [1.82, 2.24) is 4.57 Å². The SMILES string of the molecule is Brc1cc(-c2ccc3sc4ccccc4c3c2)cc(-c2ccc3c(c2)c2ccccc2n3-c2ccccc2)c1. The molecule has 0 amide bonds. The molecule has 2 aromatic heterocycles. The maximum Gasteiger partial charge on any atom is 0.0541 e. The minimum atomic E-state index is 1.08. The Bertz CT molecular complexity index is 2190. The zero-order valence-corrected chi connectivity index (χ0v) is 23.3. The summed E-state index contributed by atoms with van der Waals surface area (Å²) in [5, 5.41) is 5.18. The average molecular weight is 581 g/mol. The topological polar surface area (TPSA) is 4.93 Å².